The van der Waals surface area contributed by atoms with Crippen molar-refractivity contribution in [1.82, 2.24) is 4.90 Å². The number of piperidine rings is 1. The van der Waals surface area contributed by atoms with Crippen LogP contribution in [0.2, 0.25) is 0 Å². The molecule has 1 heterocycles. The molecule has 0 saturated carbocycles. The molecule has 0 aromatic carbocycles. The maximum Gasteiger partial charge on any atom is 0.330 e. The number of rotatable bonds is 3. The molecule has 0 bridgehead atoms. The molecule has 1 aliphatic rings. The highest BCUT2D eigenvalue weighted by Crippen LogP contribution is 2.09. The van der Waals surface area contributed by atoms with E-state index in [1.807, 2.05) is 26.8 Å². The van der Waals surface area contributed by atoms with Crippen molar-refractivity contribution >= 4 is 5.97 Å². The summed E-state index contributed by atoms with van der Waals surface area (Å²) in [7, 11) is 0. The largest absolute Gasteiger partial charge is 0.457 e. The summed E-state index contributed by atoms with van der Waals surface area (Å²) in [5.41, 5.74) is -0.396. The van der Waals surface area contributed by atoms with Gasteiger partial charge in [-0.05, 0) is 46.7 Å². The quantitative estimate of drug-likeness (QED) is 0.545. The molecular formula is C13H23NO2. The minimum Gasteiger partial charge on any atom is -0.457 e. The van der Waals surface area contributed by atoms with Gasteiger partial charge in [0.1, 0.15) is 5.60 Å². The average molecular weight is 225 g/mol. The molecule has 3 nitrogen and oxygen atoms in total. The van der Waals surface area contributed by atoms with Gasteiger partial charge in [-0.1, -0.05) is 12.5 Å². The number of nitrogens with zero attached hydrogens (tertiary/aromatic N) is 1. The first-order chi connectivity index (χ1) is 7.47. The Hall–Kier alpha value is -0.830. The van der Waals surface area contributed by atoms with Crippen LogP contribution in [0.1, 0.15) is 40.0 Å². The molecule has 92 valence electrons. The van der Waals surface area contributed by atoms with E-state index in [9.17, 15) is 4.79 Å². The molecule has 0 radical (unpaired) electrons. The van der Waals surface area contributed by atoms with E-state index in [1.54, 1.807) is 6.08 Å². The summed E-state index contributed by atoms with van der Waals surface area (Å²) in [5, 5.41) is 0. The van der Waals surface area contributed by atoms with Gasteiger partial charge in [0.25, 0.3) is 0 Å². The van der Waals surface area contributed by atoms with Gasteiger partial charge < -0.3 is 4.74 Å². The van der Waals surface area contributed by atoms with Crippen molar-refractivity contribution in [2.75, 3.05) is 19.6 Å². The van der Waals surface area contributed by atoms with Gasteiger partial charge in [-0.3, -0.25) is 4.90 Å². The van der Waals surface area contributed by atoms with Crippen molar-refractivity contribution in [3.63, 3.8) is 0 Å². The Morgan fingerprint density at radius 3 is 2.44 bits per heavy atom. The Morgan fingerprint density at radius 1 is 1.25 bits per heavy atom. The standard InChI is InChI=1S/C13H23NO2/c1-13(2,3)16-12(15)8-7-11-14-9-5-4-6-10-14/h7-8H,4-6,9-11H2,1-3H3. The summed E-state index contributed by atoms with van der Waals surface area (Å²) in [6.45, 7) is 8.80. The third kappa shape index (κ3) is 5.91. The van der Waals surface area contributed by atoms with Gasteiger partial charge >= 0.3 is 5.97 Å². The van der Waals surface area contributed by atoms with Crippen LogP contribution in [-0.2, 0) is 9.53 Å². The normalized spacial score (nSPS) is 18.9. The maximum absolute atomic E-state index is 11.4. The highest BCUT2D eigenvalue weighted by molar-refractivity contribution is 5.82. The molecule has 0 amide bonds. The number of likely N-dealkylation sites (tertiary alicyclic amines) is 1. The van der Waals surface area contributed by atoms with Gasteiger partial charge in [0.2, 0.25) is 0 Å². The van der Waals surface area contributed by atoms with Crippen LogP contribution in [-0.4, -0.2) is 36.1 Å². The van der Waals surface area contributed by atoms with Gasteiger partial charge in [-0.2, -0.15) is 0 Å². The van der Waals surface area contributed by atoms with Crippen LogP contribution < -0.4 is 0 Å². The first kappa shape index (κ1) is 13.2. The Balaban J connectivity index is 2.22. The number of carbonyl (C=O) groups is 1. The number of esters is 1. The van der Waals surface area contributed by atoms with E-state index in [-0.39, 0.29) is 5.97 Å². The summed E-state index contributed by atoms with van der Waals surface area (Å²) in [6.07, 6.45) is 7.34. The van der Waals surface area contributed by atoms with Crippen molar-refractivity contribution in [2.45, 2.75) is 45.6 Å². The minimum atomic E-state index is -0.396. The highest BCUT2D eigenvalue weighted by Gasteiger charge is 2.14. The highest BCUT2D eigenvalue weighted by atomic mass is 16.6. The Bertz CT molecular complexity index is 247. The number of hydrogen-bond donors (Lipinski definition) is 0. The molecule has 3 heteroatoms. The second-order valence-electron chi connectivity index (χ2n) is 5.30. The zero-order valence-corrected chi connectivity index (χ0v) is 10.7. The van der Waals surface area contributed by atoms with E-state index in [2.05, 4.69) is 4.90 Å². The van der Waals surface area contributed by atoms with Crippen LogP contribution in [0, 0.1) is 0 Å². The molecule has 0 spiro atoms. The van der Waals surface area contributed by atoms with E-state index < -0.39 is 5.60 Å². The van der Waals surface area contributed by atoms with E-state index >= 15 is 0 Å². The van der Waals surface area contributed by atoms with Gasteiger partial charge in [0.15, 0.2) is 0 Å². The topological polar surface area (TPSA) is 29.5 Å². The summed E-state index contributed by atoms with van der Waals surface area (Å²) < 4.78 is 5.18. The summed E-state index contributed by atoms with van der Waals surface area (Å²) in [6, 6.07) is 0. The van der Waals surface area contributed by atoms with Crippen molar-refractivity contribution in [1.29, 1.82) is 0 Å². The zero-order valence-electron chi connectivity index (χ0n) is 10.7. The number of carbonyl (C=O) groups excluding carboxylic acids is 1. The predicted octanol–water partition coefficient (Wildman–Crippen LogP) is 2.37. The summed E-state index contributed by atoms with van der Waals surface area (Å²) >= 11 is 0. The molecular weight excluding hydrogens is 202 g/mol. The maximum atomic E-state index is 11.4. The second kappa shape index (κ2) is 6.04. The van der Waals surface area contributed by atoms with Gasteiger partial charge in [0, 0.05) is 12.6 Å². The van der Waals surface area contributed by atoms with Gasteiger partial charge in [-0.15, -0.1) is 0 Å². The molecule has 1 fully saturated rings. The smallest absolute Gasteiger partial charge is 0.330 e. The molecule has 1 aliphatic heterocycles. The molecule has 1 rings (SSSR count). The molecule has 1 saturated heterocycles. The second-order valence-corrected chi connectivity index (χ2v) is 5.30. The van der Waals surface area contributed by atoms with Gasteiger partial charge in [0.05, 0.1) is 0 Å². The average Bonchev–Trinajstić information content (AvgIpc) is 2.16. The third-order valence-electron chi connectivity index (χ3n) is 2.47. The van der Waals surface area contributed by atoms with Gasteiger partial charge in [-0.25, -0.2) is 4.79 Å². The summed E-state index contributed by atoms with van der Waals surface area (Å²) in [5.74, 6) is -0.246. The van der Waals surface area contributed by atoms with Crippen LogP contribution in [0.3, 0.4) is 0 Å². The lowest BCUT2D eigenvalue weighted by Gasteiger charge is -2.24. The Kier molecular flexibility index (Phi) is 5.00. The monoisotopic (exact) mass is 225 g/mol. The molecule has 0 N–H and O–H groups in total. The first-order valence-electron chi connectivity index (χ1n) is 6.09. The first-order valence-corrected chi connectivity index (χ1v) is 6.09. The van der Waals surface area contributed by atoms with E-state index in [4.69, 9.17) is 4.74 Å². The molecule has 0 aromatic heterocycles. The summed E-state index contributed by atoms with van der Waals surface area (Å²) in [4.78, 5) is 13.7. The molecule has 0 aromatic rings. The zero-order chi connectivity index (χ0) is 12.0. The molecule has 0 unspecified atom stereocenters. The Morgan fingerprint density at radius 2 is 1.88 bits per heavy atom. The van der Waals surface area contributed by atoms with Crippen molar-refractivity contribution in [3.05, 3.63) is 12.2 Å². The van der Waals surface area contributed by atoms with Crippen molar-refractivity contribution in [3.8, 4) is 0 Å². The molecule has 16 heavy (non-hydrogen) atoms. The number of ether oxygens (including phenoxy) is 1. The van der Waals surface area contributed by atoms with Crippen molar-refractivity contribution < 1.29 is 9.53 Å². The molecule has 0 aliphatic carbocycles. The number of hydrogen-bond acceptors (Lipinski definition) is 3. The van der Waals surface area contributed by atoms with Crippen LogP contribution >= 0.6 is 0 Å². The lowest BCUT2D eigenvalue weighted by atomic mass is 10.1. The fourth-order valence-electron chi connectivity index (χ4n) is 1.78. The Labute approximate surface area is 98.5 Å². The van der Waals surface area contributed by atoms with Crippen molar-refractivity contribution in [2.24, 2.45) is 0 Å². The van der Waals surface area contributed by atoms with Crippen LogP contribution in [0.15, 0.2) is 12.2 Å². The predicted molar refractivity (Wildman–Crippen MR) is 65.3 cm³/mol. The van der Waals surface area contributed by atoms with Crippen LogP contribution in [0.5, 0.6) is 0 Å². The van der Waals surface area contributed by atoms with Crippen LogP contribution in [0.4, 0.5) is 0 Å². The molecule has 0 atom stereocenters. The van der Waals surface area contributed by atoms with E-state index in [0.29, 0.717) is 0 Å². The fourth-order valence-corrected chi connectivity index (χ4v) is 1.78. The lowest BCUT2D eigenvalue weighted by Crippen LogP contribution is -2.30. The van der Waals surface area contributed by atoms with Crippen LogP contribution in [0.25, 0.3) is 0 Å². The lowest BCUT2D eigenvalue weighted by molar-refractivity contribution is -0.148. The fraction of sp³-hybridized carbons (Fsp3) is 0.769. The SMILES string of the molecule is CC(C)(C)OC(=O)C=CCN1CCCCC1. The van der Waals surface area contributed by atoms with E-state index in [0.717, 1.165) is 19.6 Å². The van der Waals surface area contributed by atoms with E-state index in [1.165, 1.54) is 19.3 Å². The minimum absolute atomic E-state index is 0.246. The third-order valence-corrected chi connectivity index (χ3v) is 2.47.